The average Bonchev–Trinajstić information content (AvgIpc) is 2.38. The number of nitrogens with zero attached hydrogens (tertiary/aromatic N) is 2. The van der Waals surface area contributed by atoms with E-state index in [4.69, 9.17) is 11.6 Å². The highest BCUT2D eigenvalue weighted by Crippen LogP contribution is 2.31. The summed E-state index contributed by atoms with van der Waals surface area (Å²) in [5, 5.41) is 10.3. The first-order valence-electron chi connectivity index (χ1n) is 6.32. The van der Waals surface area contributed by atoms with E-state index in [1.807, 2.05) is 19.1 Å². The van der Waals surface area contributed by atoms with E-state index in [-0.39, 0.29) is 7.05 Å². The highest BCUT2D eigenvalue weighted by atomic mass is 35.5. The highest BCUT2D eigenvalue weighted by Gasteiger charge is 2.26. The molecule has 0 saturated carbocycles. The molecule has 1 aromatic heterocycles. The first-order valence-corrected chi connectivity index (χ1v) is 6.69. The minimum absolute atomic E-state index is 0.363. The van der Waals surface area contributed by atoms with Crippen LogP contribution in [0.4, 0.5) is 0 Å². The van der Waals surface area contributed by atoms with Crippen LogP contribution in [0.3, 0.4) is 0 Å². The maximum Gasteiger partial charge on any atom is 0.376 e. The van der Waals surface area contributed by atoms with E-state index in [9.17, 15) is 5.02 Å². The Morgan fingerprint density at radius 2 is 2.22 bits per heavy atom. The van der Waals surface area contributed by atoms with Crippen molar-refractivity contribution in [2.75, 3.05) is 13.1 Å². The Balaban J connectivity index is 2.07. The van der Waals surface area contributed by atoms with E-state index in [2.05, 4.69) is 16.4 Å². The van der Waals surface area contributed by atoms with Crippen molar-refractivity contribution in [1.29, 1.82) is 0 Å². The van der Waals surface area contributed by atoms with Gasteiger partial charge in [0, 0.05) is 12.1 Å². The molecule has 0 unspecified atom stereocenters. The van der Waals surface area contributed by atoms with Crippen LogP contribution < -0.4 is 0 Å². The predicted octanol–water partition coefficient (Wildman–Crippen LogP) is 2.67. The molecule has 2 rings (SSSR count). The normalized spacial score (nSPS) is 17.7. The minimum Gasteiger partial charge on any atom is -0.437 e. The second-order valence-electron chi connectivity index (χ2n) is 4.78. The second kappa shape index (κ2) is 5.87. The van der Waals surface area contributed by atoms with Gasteiger partial charge in [-0.3, -0.25) is 4.98 Å². The summed E-state index contributed by atoms with van der Waals surface area (Å²) in [7, 11) is -0.363. The van der Waals surface area contributed by atoms with Crippen molar-refractivity contribution < 1.29 is 5.02 Å². The van der Waals surface area contributed by atoms with Crippen LogP contribution >= 0.6 is 11.6 Å². The van der Waals surface area contributed by atoms with Crippen LogP contribution in [0, 0.1) is 0 Å². The maximum absolute atomic E-state index is 9.53. The predicted molar refractivity (Wildman–Crippen MR) is 76.7 cm³/mol. The number of hydrogen-bond donors (Lipinski definition) is 1. The molecule has 1 aliphatic heterocycles. The van der Waals surface area contributed by atoms with Gasteiger partial charge < -0.3 is 9.83 Å². The first-order chi connectivity index (χ1) is 8.61. The lowest BCUT2D eigenvalue weighted by Gasteiger charge is -2.32. The summed E-state index contributed by atoms with van der Waals surface area (Å²) in [6.07, 6.45) is 5.55. The molecule has 96 valence electrons. The van der Waals surface area contributed by atoms with Gasteiger partial charge in [0.1, 0.15) is 0 Å². The molecule has 0 aliphatic carbocycles. The molecule has 0 atom stereocenters. The lowest BCUT2D eigenvalue weighted by molar-refractivity contribution is 0.287. The highest BCUT2D eigenvalue weighted by molar-refractivity contribution is 6.45. The molecule has 0 aromatic carbocycles. The fourth-order valence-electron chi connectivity index (χ4n) is 2.42. The van der Waals surface area contributed by atoms with E-state index < -0.39 is 0 Å². The smallest absolute Gasteiger partial charge is 0.376 e. The molecule has 1 fully saturated rings. The molecule has 1 aromatic rings. The molecule has 0 radical (unpaired) electrons. The van der Waals surface area contributed by atoms with E-state index in [0.29, 0.717) is 5.92 Å². The Hall–Kier alpha value is -0.835. The summed E-state index contributed by atoms with van der Waals surface area (Å²) >= 11 is 6.27. The van der Waals surface area contributed by atoms with Crippen molar-refractivity contribution in [3.05, 3.63) is 35.1 Å². The van der Waals surface area contributed by atoms with E-state index >= 15 is 0 Å². The number of piperidine rings is 1. The van der Waals surface area contributed by atoms with Gasteiger partial charge in [0.25, 0.3) is 0 Å². The van der Waals surface area contributed by atoms with Crippen LogP contribution in [-0.2, 0) is 0 Å². The Labute approximate surface area is 114 Å². The number of hydrogen-bond acceptors (Lipinski definition) is 3. The fourth-order valence-corrected chi connectivity index (χ4v) is 2.75. The summed E-state index contributed by atoms with van der Waals surface area (Å²) < 4.78 is 0. The molecule has 2 heterocycles. The van der Waals surface area contributed by atoms with Gasteiger partial charge in [-0.25, -0.2) is 0 Å². The average molecular weight is 265 g/mol. The summed E-state index contributed by atoms with van der Waals surface area (Å²) in [6, 6.07) is 1.91. The number of halogens is 1. The van der Waals surface area contributed by atoms with Gasteiger partial charge in [-0.15, -0.1) is 0 Å². The molecule has 0 amide bonds. The molecular formula is C13H18BClN2O. The van der Waals surface area contributed by atoms with E-state index in [1.54, 1.807) is 6.08 Å². The van der Waals surface area contributed by atoms with Gasteiger partial charge in [0.15, 0.2) is 0 Å². The van der Waals surface area contributed by atoms with Crippen LogP contribution in [-0.4, -0.2) is 35.0 Å². The van der Waals surface area contributed by atoms with Crippen molar-refractivity contribution in [3.63, 3.8) is 0 Å². The lowest BCUT2D eigenvalue weighted by Crippen LogP contribution is -2.42. The molecule has 5 heteroatoms. The zero-order valence-corrected chi connectivity index (χ0v) is 11.4. The van der Waals surface area contributed by atoms with Crippen molar-refractivity contribution in [2.45, 2.75) is 25.6 Å². The molecular weight excluding hydrogens is 246 g/mol. The van der Waals surface area contributed by atoms with Crippen LogP contribution in [0.2, 0.25) is 11.8 Å². The molecule has 0 bridgehead atoms. The van der Waals surface area contributed by atoms with Crippen LogP contribution in [0.1, 0.15) is 30.0 Å². The molecule has 0 spiro atoms. The Morgan fingerprint density at radius 3 is 2.72 bits per heavy atom. The van der Waals surface area contributed by atoms with Gasteiger partial charge >= 0.3 is 7.05 Å². The zero-order valence-electron chi connectivity index (χ0n) is 10.6. The van der Waals surface area contributed by atoms with Crippen molar-refractivity contribution in [2.24, 2.45) is 0 Å². The zero-order chi connectivity index (χ0) is 13.1. The number of pyridine rings is 1. The van der Waals surface area contributed by atoms with Crippen molar-refractivity contribution in [3.8, 4) is 0 Å². The minimum atomic E-state index is -0.363. The standard InChI is InChI=1S/C13H18BClN2O/c1-3-10-8-12(15)13(16-9-10)11-4-6-17(7-5-11)14(2)18/h3,8-9,11,18H,1,4-7H2,2H3. The van der Waals surface area contributed by atoms with Crippen LogP contribution in [0.25, 0.3) is 6.08 Å². The third-order valence-electron chi connectivity index (χ3n) is 3.57. The molecule has 1 saturated heterocycles. The summed E-state index contributed by atoms with van der Waals surface area (Å²) in [4.78, 5) is 6.53. The number of aromatic nitrogens is 1. The van der Waals surface area contributed by atoms with Crippen LogP contribution in [0.15, 0.2) is 18.8 Å². The topological polar surface area (TPSA) is 36.4 Å². The van der Waals surface area contributed by atoms with Crippen LogP contribution in [0.5, 0.6) is 0 Å². The Kier molecular flexibility index (Phi) is 4.43. The monoisotopic (exact) mass is 264 g/mol. The SMILES string of the molecule is C=Cc1cnc(C2CCN(B(C)O)CC2)c(Cl)c1. The first kappa shape index (κ1) is 13.6. The van der Waals surface area contributed by atoms with E-state index in [1.165, 1.54) is 0 Å². The largest absolute Gasteiger partial charge is 0.437 e. The van der Waals surface area contributed by atoms with Gasteiger partial charge in [-0.05, 0) is 44.4 Å². The van der Waals surface area contributed by atoms with E-state index in [0.717, 1.165) is 42.2 Å². The lowest BCUT2D eigenvalue weighted by atomic mass is 9.80. The third kappa shape index (κ3) is 2.94. The van der Waals surface area contributed by atoms with Gasteiger partial charge in [0.2, 0.25) is 0 Å². The third-order valence-corrected chi connectivity index (χ3v) is 3.87. The number of rotatable bonds is 3. The summed E-state index contributed by atoms with van der Waals surface area (Å²) in [5.41, 5.74) is 1.93. The van der Waals surface area contributed by atoms with Crippen molar-refractivity contribution in [1.82, 2.24) is 9.79 Å². The molecule has 3 nitrogen and oxygen atoms in total. The quantitative estimate of drug-likeness (QED) is 0.853. The fraction of sp³-hybridized carbons (Fsp3) is 0.462. The summed E-state index contributed by atoms with van der Waals surface area (Å²) in [5.74, 6) is 0.395. The maximum atomic E-state index is 9.53. The molecule has 18 heavy (non-hydrogen) atoms. The molecule has 1 N–H and O–H groups in total. The van der Waals surface area contributed by atoms with Gasteiger partial charge in [0.05, 0.1) is 10.7 Å². The second-order valence-corrected chi connectivity index (χ2v) is 5.19. The summed E-state index contributed by atoms with van der Waals surface area (Å²) in [6.45, 7) is 7.31. The van der Waals surface area contributed by atoms with Gasteiger partial charge in [-0.1, -0.05) is 24.3 Å². The van der Waals surface area contributed by atoms with Crippen molar-refractivity contribution >= 4 is 24.7 Å². The Morgan fingerprint density at radius 1 is 1.56 bits per heavy atom. The van der Waals surface area contributed by atoms with Gasteiger partial charge in [-0.2, -0.15) is 0 Å². The Bertz CT molecular complexity index is 431. The molecule has 1 aliphatic rings.